The fourth-order valence-corrected chi connectivity index (χ4v) is 3.57. The number of piperidine rings is 1. The van der Waals surface area contributed by atoms with E-state index in [1.807, 2.05) is 17.7 Å². The van der Waals surface area contributed by atoms with Gasteiger partial charge >= 0.3 is 0 Å². The zero-order valence-electron chi connectivity index (χ0n) is 14.3. The normalized spacial score (nSPS) is 15.6. The second-order valence-corrected chi connectivity index (χ2v) is 6.58. The first kappa shape index (κ1) is 16.6. The lowest BCUT2D eigenvalue weighted by molar-refractivity contribution is 0.0895. The van der Waals surface area contributed by atoms with E-state index in [9.17, 15) is 13.6 Å². The van der Waals surface area contributed by atoms with Gasteiger partial charge in [-0.25, -0.2) is 13.8 Å². The predicted molar refractivity (Wildman–Crippen MR) is 94.1 cm³/mol. The first-order valence-electron chi connectivity index (χ1n) is 8.55. The van der Waals surface area contributed by atoms with Gasteiger partial charge in [0.1, 0.15) is 17.2 Å². The summed E-state index contributed by atoms with van der Waals surface area (Å²) in [4.78, 5) is 23.4. The summed E-state index contributed by atoms with van der Waals surface area (Å²) in [6.07, 6.45) is 4.61. The number of ketones is 1. The van der Waals surface area contributed by atoms with E-state index in [2.05, 4.69) is 14.9 Å². The lowest BCUT2D eigenvalue weighted by Gasteiger charge is -2.32. The quantitative estimate of drug-likeness (QED) is 0.676. The van der Waals surface area contributed by atoms with E-state index in [4.69, 9.17) is 0 Å². The molecule has 134 valence electrons. The van der Waals surface area contributed by atoms with E-state index in [1.165, 1.54) is 0 Å². The molecule has 1 aromatic carbocycles. The minimum atomic E-state index is -0.665. The van der Waals surface area contributed by atoms with E-state index in [-0.39, 0.29) is 17.3 Å². The molecule has 0 radical (unpaired) electrons. The van der Waals surface area contributed by atoms with Crippen molar-refractivity contribution in [3.8, 4) is 0 Å². The van der Waals surface area contributed by atoms with Crippen LogP contribution in [0, 0.1) is 17.6 Å². The van der Waals surface area contributed by atoms with Crippen molar-refractivity contribution in [3.05, 3.63) is 53.9 Å². The van der Waals surface area contributed by atoms with Crippen molar-refractivity contribution < 1.29 is 13.6 Å². The third-order valence-electron chi connectivity index (χ3n) is 5.00. The summed E-state index contributed by atoms with van der Waals surface area (Å²) in [5.41, 5.74) is 1.66. The van der Waals surface area contributed by atoms with Gasteiger partial charge in [-0.15, -0.1) is 0 Å². The Balaban J connectivity index is 1.51. The summed E-state index contributed by atoms with van der Waals surface area (Å²) in [5, 5.41) is 0. The maximum atomic E-state index is 13.9. The number of aromatic nitrogens is 3. The average Bonchev–Trinajstić information content (AvgIpc) is 3.00. The molecule has 0 aliphatic carbocycles. The van der Waals surface area contributed by atoms with Gasteiger partial charge in [-0.1, -0.05) is 0 Å². The highest BCUT2D eigenvalue weighted by atomic mass is 19.1. The second kappa shape index (κ2) is 6.48. The summed E-state index contributed by atoms with van der Waals surface area (Å²) < 4.78 is 29.2. The number of carbonyl (C=O) groups is 1. The lowest BCUT2D eigenvalue weighted by Crippen LogP contribution is -2.37. The number of hydrogen-bond donors (Lipinski definition) is 0. The van der Waals surface area contributed by atoms with Crippen LogP contribution in [-0.4, -0.2) is 33.4 Å². The summed E-state index contributed by atoms with van der Waals surface area (Å²) in [5.74, 6) is -1.06. The third-order valence-corrected chi connectivity index (χ3v) is 5.00. The Morgan fingerprint density at radius 1 is 1.19 bits per heavy atom. The number of anilines is 1. The molecule has 3 aromatic rings. The Bertz CT molecular complexity index is 977. The molecule has 26 heavy (non-hydrogen) atoms. The van der Waals surface area contributed by atoms with E-state index in [1.54, 1.807) is 12.4 Å². The maximum absolute atomic E-state index is 13.9. The zero-order chi connectivity index (χ0) is 18.3. The average molecular weight is 356 g/mol. The first-order valence-corrected chi connectivity index (χ1v) is 8.55. The van der Waals surface area contributed by atoms with E-state index < -0.39 is 11.6 Å². The number of pyridine rings is 1. The molecule has 0 bridgehead atoms. The van der Waals surface area contributed by atoms with Gasteiger partial charge in [0.05, 0.1) is 17.3 Å². The van der Waals surface area contributed by atoms with E-state index in [0.29, 0.717) is 25.9 Å². The molecule has 4 rings (SSSR count). The van der Waals surface area contributed by atoms with E-state index in [0.717, 1.165) is 35.2 Å². The fourth-order valence-electron chi connectivity index (χ4n) is 3.57. The van der Waals surface area contributed by atoms with Crippen LogP contribution >= 0.6 is 0 Å². The fraction of sp³-hybridized carbons (Fsp3) is 0.316. The summed E-state index contributed by atoms with van der Waals surface area (Å²) in [6, 6.07) is 4.93. The van der Waals surface area contributed by atoms with Crippen molar-refractivity contribution in [2.75, 3.05) is 18.0 Å². The van der Waals surface area contributed by atoms with Crippen LogP contribution in [0.3, 0.4) is 0 Å². The van der Waals surface area contributed by atoms with Gasteiger partial charge < -0.3 is 9.47 Å². The maximum Gasteiger partial charge on any atom is 0.206 e. The van der Waals surface area contributed by atoms with Gasteiger partial charge in [-0.2, -0.15) is 0 Å². The summed E-state index contributed by atoms with van der Waals surface area (Å²) in [7, 11) is 1.95. The van der Waals surface area contributed by atoms with Gasteiger partial charge in [-0.3, -0.25) is 9.78 Å². The van der Waals surface area contributed by atoms with E-state index >= 15 is 0 Å². The number of imidazole rings is 1. The van der Waals surface area contributed by atoms with Crippen molar-refractivity contribution in [1.29, 1.82) is 0 Å². The van der Waals surface area contributed by atoms with Crippen LogP contribution in [-0.2, 0) is 7.05 Å². The summed E-state index contributed by atoms with van der Waals surface area (Å²) >= 11 is 0. The van der Waals surface area contributed by atoms with Crippen LogP contribution in [0.5, 0.6) is 0 Å². The van der Waals surface area contributed by atoms with Crippen molar-refractivity contribution in [2.45, 2.75) is 12.8 Å². The van der Waals surface area contributed by atoms with Crippen LogP contribution in [0.25, 0.3) is 11.0 Å². The van der Waals surface area contributed by atoms with Gasteiger partial charge in [0.25, 0.3) is 0 Å². The molecule has 1 fully saturated rings. The van der Waals surface area contributed by atoms with Gasteiger partial charge in [0.2, 0.25) is 5.95 Å². The molecule has 0 spiro atoms. The van der Waals surface area contributed by atoms with Crippen LogP contribution in [0.1, 0.15) is 23.2 Å². The van der Waals surface area contributed by atoms with Crippen LogP contribution in [0.15, 0.2) is 36.7 Å². The van der Waals surface area contributed by atoms with Gasteiger partial charge in [0, 0.05) is 32.3 Å². The predicted octanol–water partition coefficient (Wildman–Crippen LogP) is 3.35. The van der Waals surface area contributed by atoms with Crippen molar-refractivity contribution in [1.82, 2.24) is 14.5 Å². The van der Waals surface area contributed by atoms with Crippen LogP contribution < -0.4 is 4.90 Å². The van der Waals surface area contributed by atoms with Crippen LogP contribution in [0.2, 0.25) is 0 Å². The monoisotopic (exact) mass is 356 g/mol. The van der Waals surface area contributed by atoms with Crippen molar-refractivity contribution in [2.24, 2.45) is 13.0 Å². The number of nitrogens with zero attached hydrogens (tertiary/aromatic N) is 4. The largest absolute Gasteiger partial charge is 0.342 e. The summed E-state index contributed by atoms with van der Waals surface area (Å²) in [6.45, 7) is 1.27. The molecular formula is C19H18F2N4O. The lowest BCUT2D eigenvalue weighted by atomic mass is 9.88. The molecule has 0 amide bonds. The molecular weight excluding hydrogens is 338 g/mol. The minimum Gasteiger partial charge on any atom is -0.342 e. The van der Waals surface area contributed by atoms with Crippen molar-refractivity contribution >= 4 is 22.8 Å². The van der Waals surface area contributed by atoms with Gasteiger partial charge in [-0.05, 0) is 37.1 Å². The number of Topliss-reactive ketones (excluding diaryl/α,β-unsaturated/α-hetero) is 1. The molecule has 0 N–H and O–H groups in total. The number of hydrogen-bond acceptors (Lipinski definition) is 4. The number of aryl methyl sites for hydroxylation is 1. The van der Waals surface area contributed by atoms with Gasteiger partial charge in [0.15, 0.2) is 5.78 Å². The minimum absolute atomic E-state index is 0.155. The smallest absolute Gasteiger partial charge is 0.206 e. The molecule has 0 unspecified atom stereocenters. The SMILES string of the molecule is Cn1c(N2CCC(C(=O)c3cc(F)ccc3F)CC2)nc2cnccc21. The third kappa shape index (κ3) is 2.83. The zero-order valence-corrected chi connectivity index (χ0v) is 14.3. The number of rotatable bonds is 3. The van der Waals surface area contributed by atoms with Crippen molar-refractivity contribution in [3.63, 3.8) is 0 Å². The molecule has 0 atom stereocenters. The Hall–Kier alpha value is -2.83. The number of halogens is 2. The molecule has 1 aliphatic heterocycles. The molecule has 1 aliphatic rings. The molecule has 3 heterocycles. The molecule has 1 saturated heterocycles. The Morgan fingerprint density at radius 3 is 2.69 bits per heavy atom. The van der Waals surface area contributed by atoms with Crippen LogP contribution in [0.4, 0.5) is 14.7 Å². The topological polar surface area (TPSA) is 51.0 Å². The number of carbonyl (C=O) groups excluding carboxylic acids is 1. The number of fused-ring (bicyclic) bond motifs is 1. The highest BCUT2D eigenvalue weighted by Gasteiger charge is 2.29. The highest BCUT2D eigenvalue weighted by molar-refractivity contribution is 5.98. The first-order chi connectivity index (χ1) is 12.5. The molecule has 5 nitrogen and oxygen atoms in total. The Morgan fingerprint density at radius 2 is 1.96 bits per heavy atom. The standard InChI is InChI=1S/C19H18F2N4O/c1-24-17-4-7-22-11-16(17)23-19(24)25-8-5-12(6-9-25)18(26)14-10-13(20)2-3-15(14)21/h2-4,7,10-12H,5-6,8-9H2,1H3. The highest BCUT2D eigenvalue weighted by Crippen LogP contribution is 2.28. The number of benzene rings is 1. The molecule has 2 aromatic heterocycles. The molecule has 0 saturated carbocycles. The second-order valence-electron chi connectivity index (χ2n) is 6.58. The Labute approximate surface area is 149 Å². The Kier molecular flexibility index (Phi) is 4.14. The molecule has 7 heteroatoms.